The number of nitrogens with one attached hydrogen (secondary N) is 1. The largest absolute Gasteiger partial charge is 0.455 e. The first-order valence-electron chi connectivity index (χ1n) is 8.72. The van der Waals surface area contributed by atoms with Crippen molar-refractivity contribution in [2.75, 3.05) is 12.3 Å². The summed E-state index contributed by atoms with van der Waals surface area (Å²) in [4.78, 5) is 28.5. The van der Waals surface area contributed by atoms with E-state index in [0.717, 1.165) is 11.3 Å². The highest BCUT2D eigenvalue weighted by Crippen LogP contribution is 2.13. The van der Waals surface area contributed by atoms with Gasteiger partial charge in [-0.25, -0.2) is 0 Å². The second-order valence-electron chi connectivity index (χ2n) is 6.22. The van der Waals surface area contributed by atoms with Crippen LogP contribution in [0.2, 0.25) is 0 Å². The zero-order valence-corrected chi connectivity index (χ0v) is 15.9. The molecule has 0 aliphatic heterocycles. The van der Waals surface area contributed by atoms with E-state index in [0.29, 0.717) is 22.8 Å². The average molecular weight is 380 g/mol. The number of aliphatic imine (C=N–C) groups is 1. The van der Waals surface area contributed by atoms with Gasteiger partial charge in [0.15, 0.2) is 6.61 Å². The van der Waals surface area contributed by atoms with Crippen LogP contribution in [0.15, 0.2) is 71.0 Å². The van der Waals surface area contributed by atoms with Crippen LogP contribution < -0.4 is 16.8 Å². The Bertz CT molecular complexity index is 901. The molecule has 0 fully saturated rings. The smallest absolute Gasteiger partial charge is 0.310 e. The molecule has 2 rings (SSSR count). The number of nitrogen functional groups attached to an aromatic ring is 1. The number of hydrogen-bond donors (Lipinski definition) is 3. The third-order valence-electron chi connectivity index (χ3n) is 3.74. The van der Waals surface area contributed by atoms with Crippen LogP contribution in [0.1, 0.15) is 19.4 Å². The molecular weight excluding hydrogens is 356 g/mol. The average Bonchev–Trinajstić information content (AvgIpc) is 2.65. The van der Waals surface area contributed by atoms with Gasteiger partial charge < -0.3 is 21.5 Å². The van der Waals surface area contributed by atoms with Gasteiger partial charge in [0, 0.05) is 11.4 Å². The van der Waals surface area contributed by atoms with Gasteiger partial charge in [0.05, 0.1) is 23.5 Å². The van der Waals surface area contributed by atoms with Gasteiger partial charge in [0.1, 0.15) is 0 Å². The first-order valence-corrected chi connectivity index (χ1v) is 8.72. The minimum Gasteiger partial charge on any atom is -0.455 e. The summed E-state index contributed by atoms with van der Waals surface area (Å²) in [5.41, 5.74) is 14.9. The van der Waals surface area contributed by atoms with Gasteiger partial charge in [-0.2, -0.15) is 0 Å². The van der Waals surface area contributed by atoms with Crippen LogP contribution in [-0.4, -0.2) is 24.2 Å². The van der Waals surface area contributed by atoms with E-state index < -0.39 is 18.5 Å². The van der Waals surface area contributed by atoms with Crippen molar-refractivity contribution < 1.29 is 14.3 Å². The van der Waals surface area contributed by atoms with E-state index in [-0.39, 0.29) is 6.42 Å². The summed E-state index contributed by atoms with van der Waals surface area (Å²) in [6, 6.07) is 16.2. The first kappa shape index (κ1) is 20.7. The molecule has 0 aromatic heterocycles. The van der Waals surface area contributed by atoms with E-state index in [2.05, 4.69) is 10.3 Å². The van der Waals surface area contributed by atoms with Crippen molar-refractivity contribution in [1.82, 2.24) is 5.32 Å². The first-order chi connectivity index (χ1) is 13.3. The third kappa shape index (κ3) is 6.60. The van der Waals surface area contributed by atoms with Gasteiger partial charge >= 0.3 is 5.97 Å². The highest BCUT2D eigenvalue weighted by molar-refractivity contribution is 6.03. The fraction of sp³-hybridized carbons (Fsp3) is 0.190. The Morgan fingerprint density at radius 1 is 1.07 bits per heavy atom. The minimum atomic E-state index is -0.523. The van der Waals surface area contributed by atoms with Crippen LogP contribution in [0.25, 0.3) is 0 Å². The van der Waals surface area contributed by atoms with Crippen molar-refractivity contribution in [3.63, 3.8) is 0 Å². The molecule has 0 saturated carbocycles. The van der Waals surface area contributed by atoms with Gasteiger partial charge in [-0.3, -0.25) is 14.6 Å². The second-order valence-corrected chi connectivity index (χ2v) is 6.22. The summed E-state index contributed by atoms with van der Waals surface area (Å²) in [6.45, 7) is 2.98. The molecule has 2 aromatic rings. The maximum absolute atomic E-state index is 12.2. The highest BCUT2D eigenvalue weighted by Gasteiger charge is 2.13. The van der Waals surface area contributed by atoms with Crippen LogP contribution in [0.3, 0.4) is 0 Å². The van der Waals surface area contributed by atoms with Crippen LogP contribution in [0.5, 0.6) is 0 Å². The fourth-order valence-corrected chi connectivity index (χ4v) is 2.47. The Labute approximate surface area is 164 Å². The minimum absolute atomic E-state index is 0.0332. The molecule has 0 bridgehead atoms. The molecule has 7 heteroatoms. The van der Waals surface area contributed by atoms with Crippen molar-refractivity contribution >= 4 is 29.0 Å². The molecular formula is C21H24N4O3. The zero-order valence-electron chi connectivity index (χ0n) is 15.9. The Morgan fingerprint density at radius 2 is 1.79 bits per heavy atom. The number of esters is 1. The standard InChI is InChI=1S/C21H24N4O3/c1-14(22)21(15(2)24-18-9-4-3-5-10-18)25-19(26)13-28-20(27)12-16-7-6-8-17(23)11-16/h3-11H,12-13,22-23H2,1-2H3,(H,25,26). The number of carbonyl (C=O) groups excluding carboxylic acids is 2. The van der Waals surface area contributed by atoms with Gasteiger partial charge in [-0.05, 0) is 43.7 Å². The third-order valence-corrected chi connectivity index (χ3v) is 3.74. The molecule has 2 aromatic carbocycles. The van der Waals surface area contributed by atoms with Gasteiger partial charge in [0.2, 0.25) is 0 Å². The summed E-state index contributed by atoms with van der Waals surface area (Å²) in [5, 5.41) is 2.65. The van der Waals surface area contributed by atoms with E-state index in [9.17, 15) is 9.59 Å². The van der Waals surface area contributed by atoms with Gasteiger partial charge in [-0.1, -0.05) is 30.3 Å². The molecule has 0 saturated heterocycles. The maximum atomic E-state index is 12.2. The number of para-hydroxylation sites is 1. The Balaban J connectivity index is 1.93. The van der Waals surface area contributed by atoms with Gasteiger partial charge in [-0.15, -0.1) is 0 Å². The van der Waals surface area contributed by atoms with Crippen molar-refractivity contribution in [1.29, 1.82) is 0 Å². The normalized spacial score (nSPS) is 12.1. The number of amides is 1. The fourth-order valence-electron chi connectivity index (χ4n) is 2.47. The van der Waals surface area contributed by atoms with E-state index in [4.69, 9.17) is 16.2 Å². The Hall–Kier alpha value is -3.61. The quantitative estimate of drug-likeness (QED) is 0.387. The van der Waals surface area contributed by atoms with E-state index >= 15 is 0 Å². The van der Waals surface area contributed by atoms with Crippen molar-refractivity contribution in [2.24, 2.45) is 10.7 Å². The summed E-state index contributed by atoms with van der Waals surface area (Å²) >= 11 is 0. The predicted molar refractivity (Wildman–Crippen MR) is 110 cm³/mol. The number of benzene rings is 2. The van der Waals surface area contributed by atoms with Crippen LogP contribution in [0.4, 0.5) is 11.4 Å². The molecule has 7 nitrogen and oxygen atoms in total. The molecule has 146 valence electrons. The second kappa shape index (κ2) is 9.91. The lowest BCUT2D eigenvalue weighted by Crippen LogP contribution is -2.32. The number of anilines is 1. The van der Waals surface area contributed by atoms with E-state index in [1.807, 2.05) is 30.3 Å². The molecule has 28 heavy (non-hydrogen) atoms. The molecule has 0 heterocycles. The lowest BCUT2D eigenvalue weighted by molar-refractivity contribution is -0.147. The maximum Gasteiger partial charge on any atom is 0.310 e. The number of allylic oxidation sites excluding steroid dienone is 2. The van der Waals surface area contributed by atoms with Gasteiger partial charge in [0.25, 0.3) is 5.91 Å². The zero-order chi connectivity index (χ0) is 20.5. The van der Waals surface area contributed by atoms with E-state index in [1.165, 1.54) is 0 Å². The molecule has 0 atom stereocenters. The van der Waals surface area contributed by atoms with Crippen LogP contribution in [-0.2, 0) is 20.7 Å². The lowest BCUT2D eigenvalue weighted by Gasteiger charge is -2.12. The summed E-state index contributed by atoms with van der Waals surface area (Å²) in [6.07, 6.45) is 0.0332. The summed E-state index contributed by atoms with van der Waals surface area (Å²) in [5.74, 6) is -1.02. The molecule has 5 N–H and O–H groups in total. The number of hydrogen-bond acceptors (Lipinski definition) is 6. The number of nitrogens with zero attached hydrogens (tertiary/aromatic N) is 1. The Kier molecular flexibility index (Phi) is 7.33. The predicted octanol–water partition coefficient (Wildman–Crippen LogP) is 2.45. The van der Waals surface area contributed by atoms with Crippen molar-refractivity contribution in [3.8, 4) is 0 Å². The number of rotatable bonds is 7. The van der Waals surface area contributed by atoms with Crippen molar-refractivity contribution in [3.05, 3.63) is 71.6 Å². The molecule has 0 spiro atoms. The number of ether oxygens (including phenoxy) is 1. The lowest BCUT2D eigenvalue weighted by atomic mass is 10.1. The summed E-state index contributed by atoms with van der Waals surface area (Å²) < 4.78 is 5.03. The molecule has 0 radical (unpaired) electrons. The molecule has 0 aliphatic rings. The molecule has 1 amide bonds. The van der Waals surface area contributed by atoms with Crippen LogP contribution >= 0.6 is 0 Å². The number of nitrogens with two attached hydrogens (primary N) is 2. The number of carbonyl (C=O) groups is 2. The van der Waals surface area contributed by atoms with Crippen molar-refractivity contribution in [2.45, 2.75) is 20.3 Å². The molecule has 0 unspecified atom stereocenters. The monoisotopic (exact) mass is 380 g/mol. The summed E-state index contributed by atoms with van der Waals surface area (Å²) in [7, 11) is 0. The Morgan fingerprint density at radius 3 is 2.43 bits per heavy atom. The SMILES string of the molecule is CC(=Nc1ccccc1)C(NC(=O)COC(=O)Cc1cccc(N)c1)=C(C)N. The van der Waals surface area contributed by atoms with E-state index in [1.54, 1.807) is 38.1 Å². The topological polar surface area (TPSA) is 120 Å². The molecule has 0 aliphatic carbocycles. The van der Waals surface area contributed by atoms with Crippen LogP contribution in [0, 0.1) is 0 Å². The highest BCUT2D eigenvalue weighted by atomic mass is 16.5.